The zero-order chi connectivity index (χ0) is 30.8. The Hall–Kier alpha value is -1.64. The Morgan fingerprint density at radius 3 is 2.37 bits per heavy atom. The molecule has 0 radical (unpaired) electrons. The zero-order valence-corrected chi connectivity index (χ0v) is 27.6. The van der Waals surface area contributed by atoms with Gasteiger partial charge >= 0.3 is 7.82 Å². The van der Waals surface area contributed by atoms with Crippen molar-refractivity contribution >= 4 is 41.8 Å². The average Bonchev–Trinajstić information content (AvgIpc) is 3.45. The summed E-state index contributed by atoms with van der Waals surface area (Å²) in [5.74, 6) is -0.473. The number of ether oxygens (including phenoxy) is 1. The van der Waals surface area contributed by atoms with Crippen LogP contribution in [0.5, 0.6) is 0 Å². The molecular weight excluding hydrogens is 595 g/mol. The molecule has 2 aromatic heterocycles. The number of piperidine rings is 1. The molecule has 13 nitrogen and oxygen atoms in total. The number of aromatic nitrogens is 4. The molecule has 0 aliphatic carbocycles. The van der Waals surface area contributed by atoms with Crippen molar-refractivity contribution in [3.8, 4) is 0 Å². The van der Waals surface area contributed by atoms with Crippen LogP contribution in [0.1, 0.15) is 89.2 Å². The normalized spacial score (nSPS) is 19.4. The number of hydrogen-bond donors (Lipinski definition) is 2. The van der Waals surface area contributed by atoms with E-state index in [1.54, 1.807) is 55.6 Å². The minimum absolute atomic E-state index is 0.00731. The third-order valence-electron chi connectivity index (χ3n) is 5.91. The lowest BCUT2D eigenvalue weighted by atomic mass is 10.0. The van der Waals surface area contributed by atoms with Crippen LogP contribution >= 0.6 is 30.8 Å². The van der Waals surface area contributed by atoms with Crippen LogP contribution in [0.2, 0.25) is 5.15 Å². The number of hydrogen-bond acceptors (Lipinski definition) is 12. The largest absolute Gasteiger partial charge is 0.477 e. The van der Waals surface area contributed by atoms with Gasteiger partial charge in [0.25, 0.3) is 5.91 Å². The minimum Gasteiger partial charge on any atom is -0.386 e. The number of aliphatic hydroxyl groups is 1. The molecule has 1 aliphatic rings. The number of imidazole rings is 1. The average molecular weight is 637 g/mol. The van der Waals surface area contributed by atoms with Gasteiger partial charge in [-0.1, -0.05) is 29.9 Å². The molecule has 0 bridgehead atoms. The third kappa shape index (κ3) is 9.17. The standard InChI is InChI=1S/C25H42ClN6O7PS/c1-10-17-19(26)28-20(32(17)14-37-40(35,38-24(3,4)5)39-25(6,7)8)21(34)27-16-11-12-31(13-18(16)36-9)23-30-29-22(41-23)15(2)33/h15-16,18,33H,10-14H2,1-9H3,(H,27,34)/t15?,16-,18+/m1/s1. The predicted molar refractivity (Wildman–Crippen MR) is 156 cm³/mol. The Morgan fingerprint density at radius 2 is 1.85 bits per heavy atom. The number of phosphoric ester groups is 1. The van der Waals surface area contributed by atoms with Gasteiger partial charge in [-0.15, -0.1) is 10.2 Å². The van der Waals surface area contributed by atoms with Crippen molar-refractivity contribution in [2.24, 2.45) is 0 Å². The summed E-state index contributed by atoms with van der Waals surface area (Å²) in [4.78, 5) is 19.9. The molecular formula is C25H42ClN6O7PS. The van der Waals surface area contributed by atoms with E-state index in [1.165, 1.54) is 15.9 Å². The van der Waals surface area contributed by atoms with Gasteiger partial charge in [0.05, 0.1) is 29.0 Å². The van der Waals surface area contributed by atoms with E-state index in [0.717, 1.165) is 0 Å². The second-order valence-electron chi connectivity index (χ2n) is 11.8. The van der Waals surface area contributed by atoms with Crippen LogP contribution < -0.4 is 10.2 Å². The predicted octanol–water partition coefficient (Wildman–Crippen LogP) is 4.74. The molecule has 1 saturated heterocycles. The second-order valence-corrected chi connectivity index (χ2v) is 14.6. The zero-order valence-electron chi connectivity index (χ0n) is 25.1. The summed E-state index contributed by atoms with van der Waals surface area (Å²) < 4.78 is 38.0. The number of methoxy groups -OCH3 is 1. The molecule has 16 heteroatoms. The molecule has 3 rings (SSSR count). The summed E-state index contributed by atoms with van der Waals surface area (Å²) in [5.41, 5.74) is -1.10. The van der Waals surface area contributed by atoms with Crippen molar-refractivity contribution in [3.05, 3.63) is 21.7 Å². The van der Waals surface area contributed by atoms with E-state index < -0.39 is 31.0 Å². The Labute approximate surface area is 250 Å². The van der Waals surface area contributed by atoms with Crippen LogP contribution in [0, 0.1) is 0 Å². The molecule has 0 aromatic carbocycles. The highest BCUT2D eigenvalue weighted by Gasteiger charge is 2.38. The van der Waals surface area contributed by atoms with Gasteiger partial charge in [0.2, 0.25) is 11.0 Å². The second kappa shape index (κ2) is 13.3. The van der Waals surface area contributed by atoms with Crippen molar-refractivity contribution in [2.45, 2.75) is 104 Å². The number of carbonyl (C=O) groups excluding carboxylic acids is 1. The molecule has 232 valence electrons. The van der Waals surface area contributed by atoms with Gasteiger partial charge in [0.1, 0.15) is 17.8 Å². The van der Waals surface area contributed by atoms with E-state index in [-0.39, 0.29) is 29.9 Å². The first-order valence-electron chi connectivity index (χ1n) is 13.5. The highest BCUT2D eigenvalue weighted by molar-refractivity contribution is 7.48. The fourth-order valence-corrected chi connectivity index (χ4v) is 7.10. The van der Waals surface area contributed by atoms with Crippen LogP contribution in [0.4, 0.5) is 5.13 Å². The van der Waals surface area contributed by atoms with Gasteiger partial charge in [0.15, 0.2) is 5.15 Å². The molecule has 2 aromatic rings. The van der Waals surface area contributed by atoms with Gasteiger partial charge < -0.3 is 20.1 Å². The van der Waals surface area contributed by atoms with Gasteiger partial charge in [-0.05, 0) is 61.3 Å². The number of phosphoric acid groups is 1. The van der Waals surface area contributed by atoms with Crippen molar-refractivity contribution in [2.75, 3.05) is 25.1 Å². The molecule has 0 saturated carbocycles. The highest BCUT2D eigenvalue weighted by Crippen LogP contribution is 2.55. The molecule has 2 N–H and O–H groups in total. The van der Waals surface area contributed by atoms with E-state index in [0.29, 0.717) is 41.8 Å². The highest BCUT2D eigenvalue weighted by atomic mass is 35.5. The van der Waals surface area contributed by atoms with Gasteiger partial charge in [-0.3, -0.25) is 22.9 Å². The molecule has 3 atom stereocenters. The smallest absolute Gasteiger partial charge is 0.386 e. The van der Waals surface area contributed by atoms with E-state index in [4.69, 9.17) is 29.9 Å². The number of nitrogens with zero attached hydrogens (tertiary/aromatic N) is 5. The topological polar surface area (TPSA) is 150 Å². The van der Waals surface area contributed by atoms with Gasteiger partial charge in [-0.2, -0.15) is 0 Å². The molecule has 1 aliphatic heterocycles. The first kappa shape index (κ1) is 33.9. The lowest BCUT2D eigenvalue weighted by molar-refractivity contribution is -0.00680. The summed E-state index contributed by atoms with van der Waals surface area (Å²) in [6, 6.07) is -0.331. The van der Waals surface area contributed by atoms with Crippen LogP contribution in [0.25, 0.3) is 0 Å². The monoisotopic (exact) mass is 636 g/mol. The SMILES string of the molecule is CCc1c(Cl)nc(C(=O)N[C@@H]2CCN(c3nnc(C(C)O)s3)C[C@@H]2OC)n1COP(=O)(OC(C)(C)C)OC(C)(C)C. The van der Waals surface area contributed by atoms with Gasteiger partial charge in [-0.25, -0.2) is 9.55 Å². The maximum absolute atomic E-state index is 13.6. The lowest BCUT2D eigenvalue weighted by Gasteiger charge is -2.37. The Kier molecular flexibility index (Phi) is 11.0. The summed E-state index contributed by atoms with van der Waals surface area (Å²) in [6.45, 7) is 14.7. The van der Waals surface area contributed by atoms with E-state index in [1.807, 2.05) is 11.8 Å². The van der Waals surface area contributed by atoms with Crippen LogP contribution in [-0.2, 0) is 36.0 Å². The molecule has 1 fully saturated rings. The fourth-order valence-electron chi connectivity index (χ4n) is 4.23. The number of amides is 1. The Morgan fingerprint density at radius 1 is 1.22 bits per heavy atom. The van der Waals surface area contributed by atoms with Crippen LogP contribution in [0.15, 0.2) is 0 Å². The van der Waals surface area contributed by atoms with Gasteiger partial charge in [0, 0.05) is 20.2 Å². The third-order valence-corrected chi connectivity index (χ3v) is 9.35. The summed E-state index contributed by atoms with van der Waals surface area (Å²) >= 11 is 7.73. The number of carbonyl (C=O) groups is 1. The molecule has 41 heavy (non-hydrogen) atoms. The summed E-state index contributed by atoms with van der Waals surface area (Å²) in [5, 5.41) is 22.4. The Balaban J connectivity index is 1.78. The summed E-state index contributed by atoms with van der Waals surface area (Å²) in [6.07, 6.45) is -0.0404. The van der Waals surface area contributed by atoms with Crippen molar-refractivity contribution in [1.82, 2.24) is 25.1 Å². The number of nitrogens with one attached hydrogen (secondary N) is 1. The summed E-state index contributed by atoms with van der Waals surface area (Å²) in [7, 11) is -2.48. The number of aliphatic hydroxyl groups excluding tert-OH is 1. The first-order valence-corrected chi connectivity index (χ1v) is 16.1. The quantitative estimate of drug-likeness (QED) is 0.329. The first-order chi connectivity index (χ1) is 18.9. The maximum atomic E-state index is 13.6. The van der Waals surface area contributed by atoms with Crippen LogP contribution in [-0.4, -0.2) is 74.3 Å². The van der Waals surface area contributed by atoms with E-state index in [9.17, 15) is 14.5 Å². The lowest BCUT2D eigenvalue weighted by Crippen LogP contribution is -2.55. The van der Waals surface area contributed by atoms with Crippen molar-refractivity contribution < 1.29 is 32.8 Å². The molecule has 0 spiro atoms. The van der Waals surface area contributed by atoms with Crippen molar-refractivity contribution in [1.29, 1.82) is 0 Å². The molecule has 1 amide bonds. The van der Waals surface area contributed by atoms with Crippen LogP contribution in [0.3, 0.4) is 0 Å². The van der Waals surface area contributed by atoms with E-state index >= 15 is 0 Å². The van der Waals surface area contributed by atoms with Crippen molar-refractivity contribution in [3.63, 3.8) is 0 Å². The fraction of sp³-hybridized carbons (Fsp3) is 0.760. The van der Waals surface area contributed by atoms with E-state index in [2.05, 4.69) is 20.5 Å². The minimum atomic E-state index is -4.06. The maximum Gasteiger partial charge on any atom is 0.477 e. The molecule has 3 heterocycles. The molecule has 1 unspecified atom stereocenters. The number of rotatable bonds is 11. The number of halogens is 1. The number of anilines is 1. The Bertz CT molecular complexity index is 1220.